The van der Waals surface area contributed by atoms with Crippen molar-refractivity contribution in [3.63, 3.8) is 0 Å². The summed E-state index contributed by atoms with van der Waals surface area (Å²) in [5.41, 5.74) is -5.46. The zero-order valence-electron chi connectivity index (χ0n) is 11.7. The number of carbonyl (C=O) groups is 1. The van der Waals surface area contributed by atoms with Crippen LogP contribution in [0.25, 0.3) is 6.08 Å². The SMILES string of the molecule is COc1cc(C=CC(=O)O)cc(OC)c1OS(=O)(=O)C(F)(F)F. The summed E-state index contributed by atoms with van der Waals surface area (Å²) < 4.78 is 73.0. The van der Waals surface area contributed by atoms with Crippen LogP contribution in [0, 0.1) is 0 Å². The molecule has 1 aromatic carbocycles. The van der Waals surface area contributed by atoms with Crippen LogP contribution in [0.4, 0.5) is 13.2 Å². The smallest absolute Gasteiger partial charge is 0.493 e. The predicted octanol–water partition coefficient (Wildman–Crippen LogP) is 2.03. The van der Waals surface area contributed by atoms with Crippen LogP contribution in [0.1, 0.15) is 5.56 Å². The minimum Gasteiger partial charge on any atom is -0.493 e. The number of hydrogen-bond donors (Lipinski definition) is 1. The van der Waals surface area contributed by atoms with Crippen molar-refractivity contribution < 1.29 is 45.1 Å². The van der Waals surface area contributed by atoms with Crippen molar-refractivity contribution in [1.82, 2.24) is 0 Å². The van der Waals surface area contributed by atoms with E-state index in [0.717, 1.165) is 38.5 Å². The zero-order chi connectivity index (χ0) is 17.8. The number of halogens is 3. The van der Waals surface area contributed by atoms with Gasteiger partial charge in [0.25, 0.3) is 0 Å². The van der Waals surface area contributed by atoms with Crippen molar-refractivity contribution in [2.24, 2.45) is 0 Å². The van der Waals surface area contributed by atoms with E-state index in [-0.39, 0.29) is 17.1 Å². The van der Waals surface area contributed by atoms with Gasteiger partial charge in [0.2, 0.25) is 5.75 Å². The third kappa shape index (κ3) is 4.52. The Morgan fingerprint density at radius 2 is 1.65 bits per heavy atom. The normalized spacial score (nSPS) is 12.2. The van der Waals surface area contributed by atoms with Gasteiger partial charge in [-0.15, -0.1) is 0 Å². The molecule has 0 aromatic heterocycles. The molecule has 0 radical (unpaired) electrons. The van der Waals surface area contributed by atoms with Crippen molar-refractivity contribution in [2.45, 2.75) is 5.51 Å². The number of carboxylic acid groups (broad SMARTS) is 1. The van der Waals surface area contributed by atoms with Gasteiger partial charge in [-0.2, -0.15) is 21.6 Å². The fourth-order valence-corrected chi connectivity index (χ4v) is 1.88. The number of rotatable bonds is 6. The fourth-order valence-electron chi connectivity index (χ4n) is 1.40. The zero-order valence-corrected chi connectivity index (χ0v) is 12.6. The summed E-state index contributed by atoms with van der Waals surface area (Å²) in [6, 6.07) is 2.17. The Hall–Kier alpha value is -2.43. The van der Waals surface area contributed by atoms with Crippen molar-refractivity contribution in [1.29, 1.82) is 0 Å². The lowest BCUT2D eigenvalue weighted by Gasteiger charge is -2.15. The number of methoxy groups -OCH3 is 2. The molecule has 0 aliphatic rings. The lowest BCUT2D eigenvalue weighted by atomic mass is 10.1. The number of benzene rings is 1. The van der Waals surface area contributed by atoms with E-state index in [0.29, 0.717) is 0 Å². The molecule has 0 saturated carbocycles. The molecular formula is C12H11F3O7S. The molecule has 1 N–H and O–H groups in total. The van der Waals surface area contributed by atoms with E-state index in [1.165, 1.54) is 0 Å². The second-order valence-corrected chi connectivity index (χ2v) is 5.45. The highest BCUT2D eigenvalue weighted by Gasteiger charge is 2.49. The summed E-state index contributed by atoms with van der Waals surface area (Å²) in [6.07, 6.45) is 1.87. The number of carboxylic acids is 1. The number of alkyl halides is 3. The Kier molecular flexibility index (Phi) is 5.48. The van der Waals surface area contributed by atoms with Crippen molar-refractivity contribution in [3.05, 3.63) is 23.8 Å². The average molecular weight is 356 g/mol. The molecule has 0 aliphatic heterocycles. The lowest BCUT2D eigenvalue weighted by molar-refractivity contribution is -0.131. The molecule has 0 spiro atoms. The van der Waals surface area contributed by atoms with Gasteiger partial charge in [0.1, 0.15) is 0 Å². The van der Waals surface area contributed by atoms with E-state index in [2.05, 4.69) is 4.18 Å². The van der Waals surface area contributed by atoms with Gasteiger partial charge in [0, 0.05) is 6.08 Å². The van der Waals surface area contributed by atoms with Crippen LogP contribution in [0.5, 0.6) is 17.2 Å². The Morgan fingerprint density at radius 1 is 1.17 bits per heavy atom. The summed E-state index contributed by atoms with van der Waals surface area (Å²) in [4.78, 5) is 10.5. The van der Waals surface area contributed by atoms with Crippen LogP contribution in [-0.2, 0) is 14.9 Å². The van der Waals surface area contributed by atoms with E-state index in [1.807, 2.05) is 0 Å². The molecule has 23 heavy (non-hydrogen) atoms. The quantitative estimate of drug-likeness (QED) is 0.473. The molecule has 0 bridgehead atoms. The summed E-state index contributed by atoms with van der Waals surface area (Å²) in [5.74, 6) is -2.84. The molecule has 1 rings (SSSR count). The largest absolute Gasteiger partial charge is 0.534 e. The molecule has 128 valence electrons. The topological polar surface area (TPSA) is 99.1 Å². The van der Waals surface area contributed by atoms with Gasteiger partial charge in [0.05, 0.1) is 14.2 Å². The second kappa shape index (κ2) is 6.77. The fraction of sp³-hybridized carbons (Fsp3) is 0.250. The molecule has 1 aromatic rings. The predicted molar refractivity (Wildman–Crippen MR) is 71.8 cm³/mol. The minimum atomic E-state index is -5.93. The van der Waals surface area contributed by atoms with E-state index < -0.39 is 27.3 Å². The van der Waals surface area contributed by atoms with Crippen molar-refractivity contribution in [3.8, 4) is 17.2 Å². The molecular weight excluding hydrogens is 345 g/mol. The van der Waals surface area contributed by atoms with Crippen molar-refractivity contribution >= 4 is 22.2 Å². The Balaban J connectivity index is 3.40. The van der Waals surface area contributed by atoms with Gasteiger partial charge in [-0.1, -0.05) is 0 Å². The Bertz CT molecular complexity index is 698. The van der Waals surface area contributed by atoms with Crippen LogP contribution < -0.4 is 13.7 Å². The molecule has 0 atom stereocenters. The first-order valence-corrected chi connectivity index (χ1v) is 7.10. The van der Waals surface area contributed by atoms with Gasteiger partial charge in [-0.3, -0.25) is 0 Å². The highest BCUT2D eigenvalue weighted by Crippen LogP contribution is 2.41. The van der Waals surface area contributed by atoms with Gasteiger partial charge in [-0.25, -0.2) is 4.79 Å². The van der Waals surface area contributed by atoms with E-state index in [9.17, 15) is 26.4 Å². The molecule has 0 saturated heterocycles. The van der Waals surface area contributed by atoms with Crippen LogP contribution in [0.3, 0.4) is 0 Å². The highest BCUT2D eigenvalue weighted by molar-refractivity contribution is 7.88. The summed E-state index contributed by atoms with van der Waals surface area (Å²) in [7, 11) is -3.80. The van der Waals surface area contributed by atoms with Crippen LogP contribution in [0.15, 0.2) is 18.2 Å². The average Bonchev–Trinajstić information content (AvgIpc) is 2.44. The molecule has 0 unspecified atom stereocenters. The molecule has 0 fully saturated rings. The van der Waals surface area contributed by atoms with Crippen LogP contribution in [-0.4, -0.2) is 39.2 Å². The van der Waals surface area contributed by atoms with Gasteiger partial charge >= 0.3 is 21.6 Å². The molecule has 0 aliphatic carbocycles. The Morgan fingerprint density at radius 3 is 2.00 bits per heavy atom. The summed E-state index contributed by atoms with van der Waals surface area (Å²) in [5, 5.41) is 8.55. The molecule has 11 heteroatoms. The minimum absolute atomic E-state index is 0.179. The van der Waals surface area contributed by atoms with Crippen molar-refractivity contribution in [2.75, 3.05) is 14.2 Å². The number of ether oxygens (including phenoxy) is 2. The molecule has 0 amide bonds. The standard InChI is InChI=1S/C12H11F3O7S/c1-20-8-5-7(3-4-10(16)17)6-9(21-2)11(8)22-23(18,19)12(13,14)15/h3-6H,1-2H3,(H,16,17). The number of hydrogen-bond acceptors (Lipinski definition) is 6. The third-order valence-electron chi connectivity index (χ3n) is 2.38. The maximum Gasteiger partial charge on any atom is 0.534 e. The first kappa shape index (κ1) is 18.6. The van der Waals surface area contributed by atoms with Gasteiger partial charge < -0.3 is 18.8 Å². The van der Waals surface area contributed by atoms with Gasteiger partial charge in [0.15, 0.2) is 11.5 Å². The van der Waals surface area contributed by atoms with Gasteiger partial charge in [-0.05, 0) is 23.8 Å². The van der Waals surface area contributed by atoms with E-state index >= 15 is 0 Å². The molecule has 7 nitrogen and oxygen atoms in total. The summed E-state index contributed by atoms with van der Waals surface area (Å²) in [6.45, 7) is 0. The maximum absolute atomic E-state index is 12.4. The Labute approximate surface area is 129 Å². The van der Waals surface area contributed by atoms with E-state index in [1.54, 1.807) is 0 Å². The number of aliphatic carboxylic acids is 1. The maximum atomic E-state index is 12.4. The first-order chi connectivity index (χ1) is 10.5. The highest BCUT2D eigenvalue weighted by atomic mass is 32.2. The first-order valence-electron chi connectivity index (χ1n) is 5.69. The summed E-state index contributed by atoms with van der Waals surface area (Å²) >= 11 is 0. The third-order valence-corrected chi connectivity index (χ3v) is 3.33. The lowest BCUT2D eigenvalue weighted by Crippen LogP contribution is -2.28. The van der Waals surface area contributed by atoms with E-state index in [4.69, 9.17) is 14.6 Å². The monoisotopic (exact) mass is 356 g/mol. The molecule has 0 heterocycles. The van der Waals surface area contributed by atoms with Crippen LogP contribution in [0.2, 0.25) is 0 Å². The second-order valence-electron chi connectivity index (χ2n) is 3.91. The van der Waals surface area contributed by atoms with Crippen LogP contribution >= 0.6 is 0 Å².